The lowest BCUT2D eigenvalue weighted by Crippen LogP contribution is -2.60. The number of amides is 3. The zero-order valence-corrected chi connectivity index (χ0v) is 24.4. The van der Waals surface area contributed by atoms with Crippen molar-refractivity contribution in [3.63, 3.8) is 0 Å². The number of hydrogen-bond donors (Lipinski definition) is 9. The van der Waals surface area contributed by atoms with E-state index in [-0.39, 0.29) is 38.2 Å². The first kappa shape index (κ1) is 33.6. The Morgan fingerprint density at radius 1 is 0.886 bits per heavy atom. The lowest BCUT2D eigenvalue weighted by molar-refractivity contribution is -0.143. The van der Waals surface area contributed by atoms with Crippen LogP contribution in [0.25, 0.3) is 10.9 Å². The molecule has 3 aromatic rings. The summed E-state index contributed by atoms with van der Waals surface area (Å²) in [5.41, 5.74) is 19.1. The molecule has 0 fully saturated rings. The first-order valence-corrected chi connectivity index (χ1v) is 14.2. The zero-order chi connectivity index (χ0) is 32.2. The first-order valence-electron chi connectivity index (χ1n) is 14.2. The number of fused-ring (bicyclic) bond motifs is 1. The average Bonchev–Trinajstić information content (AvgIpc) is 3.39. The van der Waals surface area contributed by atoms with Crippen LogP contribution in [0.15, 0.2) is 65.8 Å². The van der Waals surface area contributed by atoms with Gasteiger partial charge in [-0.25, -0.2) is 4.79 Å². The molecule has 1 heterocycles. The summed E-state index contributed by atoms with van der Waals surface area (Å²) in [5.74, 6) is -3.72. The minimum Gasteiger partial charge on any atom is -0.480 e. The number of aromatic nitrogens is 1. The minimum atomic E-state index is -1.53. The maximum Gasteiger partial charge on any atom is 0.326 e. The largest absolute Gasteiger partial charge is 0.480 e. The number of aliphatic hydroxyl groups excluding tert-OH is 1. The molecule has 3 rings (SSSR count). The third-order valence-electron chi connectivity index (χ3n) is 6.99. The molecule has 0 saturated heterocycles. The fourth-order valence-corrected chi connectivity index (χ4v) is 4.65. The molecule has 5 unspecified atom stereocenters. The zero-order valence-electron chi connectivity index (χ0n) is 24.4. The lowest BCUT2D eigenvalue weighted by atomic mass is 10.0. The summed E-state index contributed by atoms with van der Waals surface area (Å²) < 4.78 is 0. The van der Waals surface area contributed by atoms with Crippen LogP contribution in [-0.4, -0.2) is 81.7 Å². The van der Waals surface area contributed by atoms with Gasteiger partial charge in [0, 0.05) is 30.1 Å². The van der Waals surface area contributed by atoms with Crippen molar-refractivity contribution in [1.82, 2.24) is 20.9 Å². The maximum absolute atomic E-state index is 13.6. The third kappa shape index (κ3) is 9.81. The number of aliphatic carboxylic acids is 1. The lowest BCUT2D eigenvalue weighted by Gasteiger charge is -2.26. The molecule has 1 aromatic heterocycles. The average molecular weight is 609 g/mol. The number of nitrogens with two attached hydrogens (primary N) is 3. The van der Waals surface area contributed by atoms with E-state index in [1.54, 1.807) is 6.20 Å². The van der Waals surface area contributed by atoms with Crippen molar-refractivity contribution in [2.75, 3.05) is 6.54 Å². The molecule has 14 nitrogen and oxygen atoms in total. The number of carbonyl (C=O) groups is 4. The van der Waals surface area contributed by atoms with Gasteiger partial charge >= 0.3 is 5.97 Å². The quantitative estimate of drug-likeness (QED) is 0.0563. The first-order chi connectivity index (χ1) is 21.0. The fourth-order valence-electron chi connectivity index (χ4n) is 4.65. The highest BCUT2D eigenvalue weighted by atomic mass is 16.4. The summed E-state index contributed by atoms with van der Waals surface area (Å²) >= 11 is 0. The van der Waals surface area contributed by atoms with E-state index in [0.29, 0.717) is 0 Å². The monoisotopic (exact) mass is 608 g/mol. The molecule has 3 amide bonds. The predicted molar refractivity (Wildman–Crippen MR) is 165 cm³/mol. The van der Waals surface area contributed by atoms with Crippen LogP contribution >= 0.6 is 0 Å². The Hall–Kier alpha value is -4.95. The Balaban J connectivity index is 1.77. The van der Waals surface area contributed by atoms with Crippen LogP contribution in [0.2, 0.25) is 0 Å². The molecule has 5 atom stereocenters. The van der Waals surface area contributed by atoms with E-state index in [1.165, 1.54) is 6.92 Å². The molecule has 0 saturated carbocycles. The molecule has 0 aliphatic carbocycles. The maximum atomic E-state index is 13.6. The van der Waals surface area contributed by atoms with Crippen LogP contribution in [0.1, 0.15) is 30.9 Å². The number of rotatable bonds is 16. The molecular weight excluding hydrogens is 568 g/mol. The molecule has 0 aliphatic heterocycles. The molecule has 0 radical (unpaired) electrons. The number of aliphatic imine (C=N–C) groups is 1. The molecular formula is C30H40N8O6. The van der Waals surface area contributed by atoms with Crippen LogP contribution < -0.4 is 33.2 Å². The number of guanidine groups is 1. The van der Waals surface area contributed by atoms with Gasteiger partial charge in [-0.05, 0) is 43.4 Å². The minimum absolute atomic E-state index is 0.00310. The van der Waals surface area contributed by atoms with Gasteiger partial charge in [0.1, 0.15) is 18.1 Å². The van der Waals surface area contributed by atoms with Crippen molar-refractivity contribution in [3.05, 3.63) is 71.9 Å². The number of H-pyrrole nitrogens is 1. The summed E-state index contributed by atoms with van der Waals surface area (Å²) in [5, 5.41) is 28.4. The molecule has 0 spiro atoms. The number of carboxylic acids is 1. The second-order valence-corrected chi connectivity index (χ2v) is 10.5. The highest BCUT2D eigenvalue weighted by molar-refractivity contribution is 5.95. The number of benzene rings is 2. The Bertz CT molecular complexity index is 1450. The number of aliphatic hydroxyl groups is 1. The fraction of sp³-hybridized carbons (Fsp3) is 0.367. The Morgan fingerprint density at radius 3 is 2.20 bits per heavy atom. The molecule has 14 heteroatoms. The summed E-state index contributed by atoms with van der Waals surface area (Å²) in [6, 6.07) is 11.6. The van der Waals surface area contributed by atoms with Gasteiger partial charge in [-0.1, -0.05) is 48.5 Å². The van der Waals surface area contributed by atoms with E-state index in [4.69, 9.17) is 17.2 Å². The van der Waals surface area contributed by atoms with E-state index < -0.39 is 54.0 Å². The molecule has 0 bridgehead atoms. The molecule has 0 aliphatic rings. The Morgan fingerprint density at radius 2 is 1.55 bits per heavy atom. The second-order valence-electron chi connectivity index (χ2n) is 10.5. The summed E-state index contributed by atoms with van der Waals surface area (Å²) in [7, 11) is 0. The number of aromatic amines is 1. The molecule has 12 N–H and O–H groups in total. The van der Waals surface area contributed by atoms with Crippen LogP contribution in [0.4, 0.5) is 0 Å². The topological polar surface area (TPSA) is 251 Å². The van der Waals surface area contributed by atoms with E-state index in [9.17, 15) is 29.4 Å². The normalized spacial score (nSPS) is 14.4. The van der Waals surface area contributed by atoms with Gasteiger partial charge in [-0.2, -0.15) is 0 Å². The summed E-state index contributed by atoms with van der Waals surface area (Å²) in [6.45, 7) is 1.43. The Labute approximate surface area is 254 Å². The van der Waals surface area contributed by atoms with Gasteiger partial charge in [0.25, 0.3) is 0 Å². The number of nitrogens with zero attached hydrogens (tertiary/aromatic N) is 1. The molecule has 2 aromatic carbocycles. The van der Waals surface area contributed by atoms with E-state index in [0.717, 1.165) is 22.0 Å². The van der Waals surface area contributed by atoms with Crippen LogP contribution in [0.3, 0.4) is 0 Å². The van der Waals surface area contributed by atoms with Gasteiger partial charge < -0.3 is 48.3 Å². The van der Waals surface area contributed by atoms with Gasteiger partial charge in [0.2, 0.25) is 17.7 Å². The summed E-state index contributed by atoms with van der Waals surface area (Å²) in [6.07, 6.45) is 0.835. The van der Waals surface area contributed by atoms with E-state index in [1.807, 2.05) is 54.6 Å². The van der Waals surface area contributed by atoms with Gasteiger partial charge in [0.15, 0.2) is 5.96 Å². The van der Waals surface area contributed by atoms with Crippen molar-refractivity contribution < 1.29 is 29.4 Å². The highest BCUT2D eigenvalue weighted by Crippen LogP contribution is 2.19. The second kappa shape index (κ2) is 16.0. The number of carboxylic acid groups (broad SMARTS) is 1. The van der Waals surface area contributed by atoms with Gasteiger partial charge in [-0.15, -0.1) is 0 Å². The van der Waals surface area contributed by atoms with Crippen molar-refractivity contribution >= 4 is 40.6 Å². The van der Waals surface area contributed by atoms with E-state index >= 15 is 0 Å². The number of para-hydroxylation sites is 1. The molecule has 44 heavy (non-hydrogen) atoms. The highest BCUT2D eigenvalue weighted by Gasteiger charge is 2.33. The van der Waals surface area contributed by atoms with Crippen molar-refractivity contribution in [2.45, 2.75) is 62.9 Å². The third-order valence-corrected chi connectivity index (χ3v) is 6.99. The number of carbonyl (C=O) groups excluding carboxylic acids is 3. The SMILES string of the molecule is CC(O)C(NC(=O)C(Cc1c[nH]c2ccccc12)NC(=O)C(N)Cc1ccccc1)C(=O)NC(CCCN=C(N)N)C(=O)O. The van der Waals surface area contributed by atoms with Crippen LogP contribution in [0.5, 0.6) is 0 Å². The smallest absolute Gasteiger partial charge is 0.326 e. The predicted octanol–water partition coefficient (Wildman–Crippen LogP) is -0.746. The van der Waals surface area contributed by atoms with Gasteiger partial charge in [-0.3, -0.25) is 19.4 Å². The number of hydrogen-bond acceptors (Lipinski definition) is 7. The standard InChI is InChI=1S/C30H40N8O6/c1-17(39)25(28(42)36-23(29(43)44)12-7-13-34-30(32)33)38-27(41)24(15-19-16-35-22-11-6-5-10-20(19)22)37-26(40)21(31)14-18-8-3-2-4-9-18/h2-6,8-11,16-17,21,23-25,35,39H,7,12-15,31H2,1H3,(H,36,42)(H,37,40)(H,38,41)(H,43,44)(H4,32,33,34). The van der Waals surface area contributed by atoms with Gasteiger partial charge in [0.05, 0.1) is 12.1 Å². The van der Waals surface area contributed by atoms with Crippen LogP contribution in [-0.2, 0) is 32.0 Å². The van der Waals surface area contributed by atoms with Crippen molar-refractivity contribution in [1.29, 1.82) is 0 Å². The number of nitrogens with one attached hydrogen (secondary N) is 4. The Kier molecular flexibility index (Phi) is 12.2. The molecule has 236 valence electrons. The summed E-state index contributed by atoms with van der Waals surface area (Å²) in [4.78, 5) is 58.6. The van der Waals surface area contributed by atoms with Crippen molar-refractivity contribution in [3.8, 4) is 0 Å². The van der Waals surface area contributed by atoms with E-state index in [2.05, 4.69) is 25.9 Å². The van der Waals surface area contributed by atoms with Crippen molar-refractivity contribution in [2.24, 2.45) is 22.2 Å². The van der Waals surface area contributed by atoms with Crippen LogP contribution in [0, 0.1) is 0 Å².